The topological polar surface area (TPSA) is 31.2 Å². The Morgan fingerprint density at radius 2 is 2.00 bits per heavy atom. The lowest BCUT2D eigenvalue weighted by atomic mass is 9.89. The predicted molar refractivity (Wildman–Crippen MR) is 44.3 cm³/mol. The van der Waals surface area contributed by atoms with E-state index in [0.29, 0.717) is 6.54 Å². The molecule has 1 aliphatic rings. The van der Waals surface area contributed by atoms with Crippen molar-refractivity contribution in [1.82, 2.24) is 5.32 Å². The van der Waals surface area contributed by atoms with Crippen molar-refractivity contribution < 1.29 is 4.79 Å². The van der Waals surface area contributed by atoms with Crippen molar-refractivity contribution in [2.75, 3.05) is 6.54 Å². The molecule has 11 heavy (non-hydrogen) atoms. The molecular formula is C9H16NO. The van der Waals surface area contributed by atoms with Gasteiger partial charge in [0.05, 0.1) is 0 Å². The maximum Gasteiger partial charge on any atom is 0.244 e. The molecule has 0 aliphatic heterocycles. The summed E-state index contributed by atoms with van der Waals surface area (Å²) in [5, 5.41) is 3.91. The Morgan fingerprint density at radius 1 is 1.36 bits per heavy atom. The Kier molecular flexibility index (Phi) is 3.40. The van der Waals surface area contributed by atoms with Gasteiger partial charge >= 0.3 is 0 Å². The molecule has 2 nitrogen and oxygen atoms in total. The van der Waals surface area contributed by atoms with Gasteiger partial charge in [-0.05, 0) is 19.8 Å². The van der Waals surface area contributed by atoms with E-state index in [1.165, 1.54) is 19.3 Å². The molecule has 0 unspecified atom stereocenters. The first-order chi connectivity index (χ1) is 5.34. The minimum absolute atomic E-state index is 0.146. The molecule has 0 bridgehead atoms. The van der Waals surface area contributed by atoms with Gasteiger partial charge in [0.15, 0.2) is 0 Å². The van der Waals surface area contributed by atoms with E-state index in [1.807, 2.05) is 6.92 Å². The van der Waals surface area contributed by atoms with Gasteiger partial charge in [-0.1, -0.05) is 19.3 Å². The van der Waals surface area contributed by atoms with Crippen molar-refractivity contribution in [3.8, 4) is 0 Å². The lowest BCUT2D eigenvalue weighted by Crippen LogP contribution is -2.26. The summed E-state index contributed by atoms with van der Waals surface area (Å²) >= 11 is 0. The van der Waals surface area contributed by atoms with Crippen LogP contribution in [0.4, 0.5) is 0 Å². The van der Waals surface area contributed by atoms with E-state index in [0.717, 1.165) is 12.8 Å². The summed E-state index contributed by atoms with van der Waals surface area (Å²) < 4.78 is 0. The highest BCUT2D eigenvalue weighted by Gasteiger charge is 2.20. The van der Waals surface area contributed by atoms with Crippen molar-refractivity contribution in [2.45, 2.75) is 39.0 Å². The molecule has 1 fully saturated rings. The average molecular weight is 154 g/mol. The fourth-order valence-electron chi connectivity index (χ4n) is 1.63. The molecule has 1 radical (unpaired) electrons. The highest BCUT2D eigenvalue weighted by atomic mass is 16.1. The third-order valence-electron chi connectivity index (χ3n) is 2.27. The van der Waals surface area contributed by atoms with E-state index in [9.17, 15) is 4.79 Å². The van der Waals surface area contributed by atoms with Gasteiger partial charge < -0.3 is 0 Å². The van der Waals surface area contributed by atoms with E-state index in [-0.39, 0.29) is 11.8 Å². The molecule has 0 heterocycles. The quantitative estimate of drug-likeness (QED) is 0.595. The van der Waals surface area contributed by atoms with Crippen molar-refractivity contribution in [1.29, 1.82) is 0 Å². The third-order valence-corrected chi connectivity index (χ3v) is 2.27. The number of rotatable bonds is 2. The molecule has 0 saturated heterocycles. The molecule has 0 aromatic rings. The highest BCUT2D eigenvalue weighted by molar-refractivity contribution is 5.78. The Balaban J connectivity index is 2.27. The third kappa shape index (κ3) is 2.52. The van der Waals surface area contributed by atoms with E-state index < -0.39 is 0 Å². The molecule has 1 rings (SSSR count). The Labute approximate surface area is 68.4 Å². The maximum atomic E-state index is 11.2. The van der Waals surface area contributed by atoms with Crippen LogP contribution >= 0.6 is 0 Å². The van der Waals surface area contributed by atoms with E-state index in [1.54, 1.807) is 0 Å². The second kappa shape index (κ2) is 4.37. The summed E-state index contributed by atoms with van der Waals surface area (Å²) in [6.07, 6.45) is 5.88. The lowest BCUT2D eigenvalue weighted by molar-refractivity contribution is -0.126. The van der Waals surface area contributed by atoms with Gasteiger partial charge in [0, 0.05) is 12.5 Å². The molecule has 0 aromatic heterocycles. The minimum atomic E-state index is 0.146. The minimum Gasteiger partial charge on any atom is -0.273 e. The smallest absolute Gasteiger partial charge is 0.244 e. The van der Waals surface area contributed by atoms with Gasteiger partial charge in [-0.3, -0.25) is 10.1 Å². The fraction of sp³-hybridized carbons (Fsp3) is 0.889. The number of nitrogens with zero attached hydrogens (tertiary/aromatic N) is 1. The number of carbonyl (C=O) groups is 1. The van der Waals surface area contributed by atoms with Crippen molar-refractivity contribution in [2.24, 2.45) is 5.92 Å². The monoisotopic (exact) mass is 154 g/mol. The van der Waals surface area contributed by atoms with Crippen LogP contribution in [0, 0.1) is 5.92 Å². The number of carbonyl (C=O) groups excluding carboxylic acids is 1. The van der Waals surface area contributed by atoms with Gasteiger partial charge in [0.1, 0.15) is 0 Å². The van der Waals surface area contributed by atoms with Crippen LogP contribution in [0.25, 0.3) is 0 Å². The van der Waals surface area contributed by atoms with Gasteiger partial charge in [-0.15, -0.1) is 0 Å². The molecule has 1 saturated carbocycles. The van der Waals surface area contributed by atoms with Crippen molar-refractivity contribution >= 4 is 5.91 Å². The first-order valence-electron chi connectivity index (χ1n) is 4.56. The standard InChI is InChI=1S/C9H16NO/c1-2-10-9(11)8-6-4-3-5-7-8/h8H,2-7H2,1H3. The van der Waals surface area contributed by atoms with Crippen LogP contribution in [0.5, 0.6) is 0 Å². The summed E-state index contributed by atoms with van der Waals surface area (Å²) in [4.78, 5) is 11.2. The number of hydrogen-bond donors (Lipinski definition) is 0. The summed E-state index contributed by atoms with van der Waals surface area (Å²) in [6, 6.07) is 0. The molecule has 0 atom stereocenters. The molecule has 2 heteroatoms. The zero-order valence-electron chi connectivity index (χ0n) is 7.18. The molecule has 0 aromatic carbocycles. The van der Waals surface area contributed by atoms with Crippen LogP contribution in [0.3, 0.4) is 0 Å². The normalized spacial score (nSPS) is 19.7. The predicted octanol–water partition coefficient (Wildman–Crippen LogP) is 1.72. The zero-order valence-corrected chi connectivity index (χ0v) is 7.18. The van der Waals surface area contributed by atoms with Crippen molar-refractivity contribution in [3.05, 3.63) is 0 Å². The number of hydrogen-bond acceptors (Lipinski definition) is 1. The Morgan fingerprint density at radius 3 is 2.55 bits per heavy atom. The van der Waals surface area contributed by atoms with Crippen molar-refractivity contribution in [3.63, 3.8) is 0 Å². The van der Waals surface area contributed by atoms with E-state index in [2.05, 4.69) is 5.32 Å². The van der Waals surface area contributed by atoms with Gasteiger partial charge in [-0.2, -0.15) is 0 Å². The summed E-state index contributed by atoms with van der Waals surface area (Å²) in [5.74, 6) is 0.413. The van der Waals surface area contributed by atoms with Crippen LogP contribution in [-0.2, 0) is 4.79 Å². The van der Waals surface area contributed by atoms with Crippen LogP contribution < -0.4 is 5.32 Å². The van der Waals surface area contributed by atoms with Crippen LogP contribution in [0.15, 0.2) is 0 Å². The SMILES string of the molecule is CC[N]C(=O)C1CCCCC1. The van der Waals surface area contributed by atoms with Crippen LogP contribution in [0.2, 0.25) is 0 Å². The second-order valence-electron chi connectivity index (χ2n) is 3.15. The van der Waals surface area contributed by atoms with E-state index in [4.69, 9.17) is 0 Å². The zero-order chi connectivity index (χ0) is 8.10. The molecular weight excluding hydrogens is 138 g/mol. The summed E-state index contributed by atoms with van der Waals surface area (Å²) in [5.41, 5.74) is 0. The summed E-state index contributed by atoms with van der Waals surface area (Å²) in [6.45, 7) is 2.57. The lowest BCUT2D eigenvalue weighted by Gasteiger charge is -2.18. The first kappa shape index (κ1) is 8.57. The highest BCUT2D eigenvalue weighted by Crippen LogP contribution is 2.23. The van der Waals surface area contributed by atoms with Gasteiger partial charge in [0.25, 0.3) is 0 Å². The van der Waals surface area contributed by atoms with Crippen LogP contribution in [-0.4, -0.2) is 12.5 Å². The maximum absolute atomic E-state index is 11.2. The van der Waals surface area contributed by atoms with Crippen LogP contribution in [0.1, 0.15) is 39.0 Å². The van der Waals surface area contributed by atoms with Gasteiger partial charge in [0.2, 0.25) is 5.91 Å². The molecule has 0 N–H and O–H groups in total. The molecule has 0 spiro atoms. The molecule has 63 valence electrons. The Bertz CT molecular complexity index is 128. The average Bonchev–Trinajstić information content (AvgIpc) is 2.07. The van der Waals surface area contributed by atoms with E-state index >= 15 is 0 Å². The second-order valence-corrected chi connectivity index (χ2v) is 3.15. The largest absolute Gasteiger partial charge is 0.273 e. The summed E-state index contributed by atoms with van der Waals surface area (Å²) in [7, 11) is 0. The van der Waals surface area contributed by atoms with Gasteiger partial charge in [-0.25, -0.2) is 0 Å². The Hall–Kier alpha value is -0.530. The molecule has 1 amide bonds. The number of amides is 1. The first-order valence-corrected chi connectivity index (χ1v) is 4.56. The molecule has 1 aliphatic carbocycles. The fourth-order valence-corrected chi connectivity index (χ4v) is 1.63.